The molecule has 2 nitrogen and oxygen atoms in total. The molecule has 0 saturated carbocycles. The predicted molar refractivity (Wildman–Crippen MR) is 84.8 cm³/mol. The van der Waals surface area contributed by atoms with Crippen LogP contribution in [0.15, 0.2) is 36.4 Å². The van der Waals surface area contributed by atoms with Gasteiger partial charge in [0.1, 0.15) is 0 Å². The second-order valence-corrected chi connectivity index (χ2v) is 5.59. The van der Waals surface area contributed by atoms with Crippen LogP contribution in [-0.2, 0) is 0 Å². The highest BCUT2D eigenvalue weighted by molar-refractivity contribution is 5.86. The van der Waals surface area contributed by atoms with Crippen molar-refractivity contribution in [3.05, 3.63) is 42.0 Å². The van der Waals surface area contributed by atoms with Crippen LogP contribution in [0.1, 0.15) is 18.9 Å². The highest BCUT2D eigenvalue weighted by Gasteiger charge is 2.05. The van der Waals surface area contributed by atoms with Gasteiger partial charge in [0, 0.05) is 19.3 Å². The summed E-state index contributed by atoms with van der Waals surface area (Å²) in [5.74, 6) is 0.588. The molecule has 102 valence electrons. The van der Waals surface area contributed by atoms with Gasteiger partial charge in [-0.05, 0) is 48.7 Å². The third-order valence-corrected chi connectivity index (χ3v) is 3.78. The summed E-state index contributed by atoms with van der Waals surface area (Å²) in [5.41, 5.74) is 8.26. The molecule has 0 aliphatic rings. The fourth-order valence-corrected chi connectivity index (χ4v) is 2.25. The van der Waals surface area contributed by atoms with Gasteiger partial charge in [0.2, 0.25) is 0 Å². The van der Waals surface area contributed by atoms with Crippen molar-refractivity contribution in [2.75, 3.05) is 25.0 Å². The second-order valence-electron chi connectivity index (χ2n) is 5.59. The molecule has 0 amide bonds. The Labute approximate surface area is 116 Å². The minimum atomic E-state index is 0.588. The van der Waals surface area contributed by atoms with Gasteiger partial charge in [-0.3, -0.25) is 0 Å². The van der Waals surface area contributed by atoms with Crippen molar-refractivity contribution in [1.29, 1.82) is 0 Å². The van der Waals surface area contributed by atoms with Gasteiger partial charge in [0.05, 0.1) is 0 Å². The van der Waals surface area contributed by atoms with Crippen molar-refractivity contribution < 1.29 is 0 Å². The van der Waals surface area contributed by atoms with Gasteiger partial charge in [0.25, 0.3) is 0 Å². The molecule has 0 aromatic heterocycles. The maximum Gasteiger partial charge on any atom is 0.0370 e. The van der Waals surface area contributed by atoms with E-state index in [4.69, 9.17) is 5.73 Å². The van der Waals surface area contributed by atoms with Crippen LogP contribution >= 0.6 is 0 Å². The Morgan fingerprint density at radius 1 is 1.11 bits per heavy atom. The lowest BCUT2D eigenvalue weighted by Gasteiger charge is -2.21. The second kappa shape index (κ2) is 6.07. The molecule has 0 heterocycles. The van der Waals surface area contributed by atoms with Gasteiger partial charge in [-0.15, -0.1) is 0 Å². The summed E-state index contributed by atoms with van der Waals surface area (Å²) in [5, 5.41) is 2.62. The monoisotopic (exact) mass is 256 g/mol. The number of rotatable bonds is 5. The molecule has 0 saturated heterocycles. The molecule has 1 atom stereocenters. The Morgan fingerprint density at radius 3 is 2.53 bits per heavy atom. The minimum absolute atomic E-state index is 0.588. The molecule has 1 unspecified atom stereocenters. The van der Waals surface area contributed by atoms with Crippen LogP contribution in [0.3, 0.4) is 0 Å². The molecule has 0 fully saturated rings. The van der Waals surface area contributed by atoms with Crippen LogP contribution in [0.25, 0.3) is 10.8 Å². The molecule has 2 rings (SSSR count). The van der Waals surface area contributed by atoms with Crippen molar-refractivity contribution >= 4 is 16.5 Å². The lowest BCUT2D eigenvalue weighted by molar-refractivity contribution is 0.545. The number of hydrogen-bond acceptors (Lipinski definition) is 2. The summed E-state index contributed by atoms with van der Waals surface area (Å²) < 4.78 is 0. The maximum absolute atomic E-state index is 5.67. The van der Waals surface area contributed by atoms with Crippen LogP contribution in [0, 0.1) is 12.8 Å². The zero-order valence-corrected chi connectivity index (χ0v) is 12.2. The molecule has 0 aliphatic carbocycles. The molecular formula is C17H24N2. The Balaban J connectivity index is 2.14. The number of nitrogens with two attached hydrogens (primary N) is 1. The molecule has 0 bridgehead atoms. The van der Waals surface area contributed by atoms with Gasteiger partial charge in [-0.25, -0.2) is 0 Å². The van der Waals surface area contributed by atoms with E-state index in [0.29, 0.717) is 5.92 Å². The number of anilines is 1. The van der Waals surface area contributed by atoms with Crippen LogP contribution in [0.4, 0.5) is 5.69 Å². The molecule has 19 heavy (non-hydrogen) atoms. The molecule has 0 aliphatic heterocycles. The Bertz CT molecular complexity index is 548. The number of hydrogen-bond donors (Lipinski definition) is 1. The van der Waals surface area contributed by atoms with E-state index in [0.717, 1.165) is 19.5 Å². The van der Waals surface area contributed by atoms with Crippen LogP contribution in [0.5, 0.6) is 0 Å². The van der Waals surface area contributed by atoms with E-state index in [2.05, 4.69) is 62.2 Å². The van der Waals surface area contributed by atoms with Gasteiger partial charge in [-0.2, -0.15) is 0 Å². The predicted octanol–water partition coefficient (Wildman–Crippen LogP) is 3.57. The Morgan fingerprint density at radius 2 is 1.79 bits per heavy atom. The summed E-state index contributed by atoms with van der Waals surface area (Å²) in [4.78, 5) is 2.31. The standard InChI is InChI=1S/C17H24N2/c1-13-4-5-16-11-17(7-6-15(16)10-13)19(3)9-8-14(2)12-18/h4-7,10-11,14H,8-9,12,18H2,1-3H3. The lowest BCUT2D eigenvalue weighted by Crippen LogP contribution is -2.22. The normalized spacial score (nSPS) is 12.6. The lowest BCUT2D eigenvalue weighted by atomic mass is 10.1. The molecule has 2 aromatic carbocycles. The zero-order chi connectivity index (χ0) is 13.8. The van der Waals surface area contributed by atoms with Crippen LogP contribution in [0.2, 0.25) is 0 Å². The molecule has 0 spiro atoms. The average molecular weight is 256 g/mol. The summed E-state index contributed by atoms with van der Waals surface area (Å²) in [6.45, 7) is 6.16. The zero-order valence-electron chi connectivity index (χ0n) is 12.2. The topological polar surface area (TPSA) is 29.3 Å². The SMILES string of the molecule is Cc1ccc2cc(N(C)CCC(C)CN)ccc2c1. The largest absolute Gasteiger partial charge is 0.375 e. The highest BCUT2D eigenvalue weighted by Crippen LogP contribution is 2.22. The van der Waals surface area contributed by atoms with E-state index in [9.17, 15) is 0 Å². The average Bonchev–Trinajstić information content (AvgIpc) is 2.43. The van der Waals surface area contributed by atoms with Gasteiger partial charge < -0.3 is 10.6 Å². The first-order chi connectivity index (χ1) is 9.10. The van der Waals surface area contributed by atoms with E-state index >= 15 is 0 Å². The molecule has 2 aromatic rings. The summed E-state index contributed by atoms with van der Waals surface area (Å²) in [7, 11) is 2.15. The Hall–Kier alpha value is -1.54. The van der Waals surface area contributed by atoms with Gasteiger partial charge in [0.15, 0.2) is 0 Å². The van der Waals surface area contributed by atoms with Crippen LogP contribution in [-0.4, -0.2) is 20.1 Å². The fraction of sp³-hybridized carbons (Fsp3) is 0.412. The van der Waals surface area contributed by atoms with Crippen molar-refractivity contribution in [1.82, 2.24) is 0 Å². The fourth-order valence-electron chi connectivity index (χ4n) is 2.25. The van der Waals surface area contributed by atoms with Crippen molar-refractivity contribution in [2.24, 2.45) is 11.7 Å². The summed E-state index contributed by atoms with van der Waals surface area (Å²) in [6.07, 6.45) is 1.14. The number of aryl methyl sites for hydroxylation is 1. The molecule has 0 radical (unpaired) electrons. The third kappa shape index (κ3) is 3.48. The summed E-state index contributed by atoms with van der Waals surface area (Å²) in [6, 6.07) is 13.3. The maximum atomic E-state index is 5.67. The van der Waals surface area contributed by atoms with Gasteiger partial charge >= 0.3 is 0 Å². The third-order valence-electron chi connectivity index (χ3n) is 3.78. The van der Waals surface area contributed by atoms with Crippen molar-refractivity contribution in [2.45, 2.75) is 20.3 Å². The van der Waals surface area contributed by atoms with E-state index in [1.807, 2.05) is 0 Å². The highest BCUT2D eigenvalue weighted by atomic mass is 15.1. The molecular weight excluding hydrogens is 232 g/mol. The van der Waals surface area contributed by atoms with Crippen LogP contribution < -0.4 is 10.6 Å². The quantitative estimate of drug-likeness (QED) is 0.886. The number of fused-ring (bicyclic) bond motifs is 1. The van der Waals surface area contributed by atoms with E-state index in [1.165, 1.54) is 22.0 Å². The van der Waals surface area contributed by atoms with Gasteiger partial charge in [-0.1, -0.05) is 36.8 Å². The number of nitrogens with zero attached hydrogens (tertiary/aromatic N) is 1. The van der Waals surface area contributed by atoms with E-state index in [1.54, 1.807) is 0 Å². The first-order valence-electron chi connectivity index (χ1n) is 7.02. The van der Waals surface area contributed by atoms with E-state index < -0.39 is 0 Å². The Kier molecular flexibility index (Phi) is 4.43. The first-order valence-corrected chi connectivity index (χ1v) is 7.02. The minimum Gasteiger partial charge on any atom is -0.375 e. The molecule has 2 N–H and O–H groups in total. The first kappa shape index (κ1) is 13.9. The van der Waals surface area contributed by atoms with Crippen molar-refractivity contribution in [3.8, 4) is 0 Å². The van der Waals surface area contributed by atoms with E-state index in [-0.39, 0.29) is 0 Å². The molecule has 2 heteroatoms. The summed E-state index contributed by atoms with van der Waals surface area (Å²) >= 11 is 0. The smallest absolute Gasteiger partial charge is 0.0370 e. The van der Waals surface area contributed by atoms with Crippen molar-refractivity contribution in [3.63, 3.8) is 0 Å². The number of benzene rings is 2.